The van der Waals surface area contributed by atoms with E-state index in [1.807, 2.05) is 6.07 Å². The molecule has 142 valence electrons. The molecule has 1 saturated carbocycles. The van der Waals surface area contributed by atoms with Crippen LogP contribution in [0.3, 0.4) is 0 Å². The van der Waals surface area contributed by atoms with Gasteiger partial charge >= 0.3 is 0 Å². The van der Waals surface area contributed by atoms with Gasteiger partial charge < -0.3 is 9.88 Å². The van der Waals surface area contributed by atoms with E-state index in [4.69, 9.17) is 4.98 Å². The van der Waals surface area contributed by atoms with E-state index in [0.717, 1.165) is 23.2 Å². The van der Waals surface area contributed by atoms with Gasteiger partial charge in [-0.05, 0) is 41.2 Å². The molecule has 2 aromatic heterocycles. The number of carbonyl (C=O) groups is 1. The van der Waals surface area contributed by atoms with E-state index in [0.29, 0.717) is 23.4 Å². The third-order valence-corrected chi connectivity index (χ3v) is 6.38. The molecule has 0 radical (unpaired) electrons. The molecule has 0 spiro atoms. The van der Waals surface area contributed by atoms with E-state index in [2.05, 4.69) is 63.4 Å². The summed E-state index contributed by atoms with van der Waals surface area (Å²) >= 11 is 0. The highest BCUT2D eigenvalue weighted by Gasteiger charge is 2.58. The summed E-state index contributed by atoms with van der Waals surface area (Å²) in [6.07, 6.45) is 1.76. The first-order chi connectivity index (χ1) is 14.2. The number of aromatic nitrogens is 3. The van der Waals surface area contributed by atoms with Gasteiger partial charge in [-0.2, -0.15) is 0 Å². The van der Waals surface area contributed by atoms with Gasteiger partial charge in [0.15, 0.2) is 0 Å². The van der Waals surface area contributed by atoms with Gasteiger partial charge in [-0.1, -0.05) is 42.5 Å². The lowest BCUT2D eigenvalue weighted by molar-refractivity contribution is 0.0958. The number of hydrogen-bond acceptors (Lipinski definition) is 3. The second-order valence-corrected chi connectivity index (χ2v) is 7.92. The molecule has 0 bridgehead atoms. The Hall–Kier alpha value is -3.47. The van der Waals surface area contributed by atoms with E-state index in [1.165, 1.54) is 16.9 Å². The second-order valence-electron chi connectivity index (χ2n) is 7.92. The molecular formula is C24H20N4O. The number of carbonyl (C=O) groups excluding carboxylic acids is 1. The monoisotopic (exact) mass is 380 g/mol. The number of rotatable bonds is 3. The summed E-state index contributed by atoms with van der Waals surface area (Å²) in [4.78, 5) is 21.0. The molecule has 5 nitrogen and oxygen atoms in total. The number of pyridine rings is 1. The lowest BCUT2D eigenvalue weighted by atomic mass is 10.1. The van der Waals surface area contributed by atoms with Gasteiger partial charge in [0.1, 0.15) is 11.5 Å². The maximum Gasteiger partial charge on any atom is 0.269 e. The molecule has 1 aliphatic carbocycles. The minimum Gasteiger partial charge on any atom is -0.354 e. The molecule has 1 amide bonds. The van der Waals surface area contributed by atoms with Gasteiger partial charge in [-0.15, -0.1) is 0 Å². The van der Waals surface area contributed by atoms with E-state index in [9.17, 15) is 4.79 Å². The van der Waals surface area contributed by atoms with Crippen LogP contribution in [0.1, 0.15) is 33.7 Å². The summed E-state index contributed by atoms with van der Waals surface area (Å²) < 4.78 is 2.39. The average Bonchev–Trinajstić information content (AvgIpc) is 3.19. The van der Waals surface area contributed by atoms with Crippen molar-refractivity contribution in [3.63, 3.8) is 0 Å². The normalized spacial score (nSPS) is 21.6. The second kappa shape index (κ2) is 6.01. The zero-order valence-corrected chi connectivity index (χ0v) is 16.0. The number of nitrogens with one attached hydrogen (secondary N) is 1. The summed E-state index contributed by atoms with van der Waals surface area (Å²) in [6.45, 7) is 1.04. The largest absolute Gasteiger partial charge is 0.354 e. The van der Waals surface area contributed by atoms with Crippen LogP contribution in [0.4, 0.5) is 0 Å². The zero-order valence-electron chi connectivity index (χ0n) is 16.0. The molecule has 0 saturated heterocycles. The predicted octanol–water partition coefficient (Wildman–Crippen LogP) is 3.97. The van der Waals surface area contributed by atoms with Crippen LogP contribution in [0, 0.1) is 5.92 Å². The third-order valence-electron chi connectivity index (χ3n) is 6.38. The topological polar surface area (TPSA) is 59.8 Å². The van der Waals surface area contributed by atoms with Gasteiger partial charge in [0.25, 0.3) is 5.91 Å². The van der Waals surface area contributed by atoms with Crippen molar-refractivity contribution in [2.24, 2.45) is 5.92 Å². The van der Waals surface area contributed by atoms with Crippen LogP contribution in [-0.4, -0.2) is 27.5 Å². The zero-order chi connectivity index (χ0) is 19.5. The Labute approximate surface area is 168 Å². The fraction of sp³-hybridized carbons (Fsp3) is 0.208. The summed E-state index contributed by atoms with van der Waals surface area (Å²) in [5.74, 6) is 2.88. The molecule has 4 aromatic rings. The molecule has 2 aromatic carbocycles. The molecule has 1 fully saturated rings. The Morgan fingerprint density at radius 2 is 1.86 bits per heavy atom. The number of fused-ring (bicyclic) bond motifs is 5. The van der Waals surface area contributed by atoms with Crippen LogP contribution in [0.25, 0.3) is 22.2 Å². The first-order valence-corrected chi connectivity index (χ1v) is 9.98. The van der Waals surface area contributed by atoms with Crippen molar-refractivity contribution in [3.05, 3.63) is 83.9 Å². The molecule has 1 aliphatic heterocycles. The average molecular weight is 380 g/mol. The molecule has 2 aliphatic rings. The van der Waals surface area contributed by atoms with Crippen molar-refractivity contribution in [1.82, 2.24) is 19.9 Å². The summed E-state index contributed by atoms with van der Waals surface area (Å²) in [7, 11) is 1.61. The van der Waals surface area contributed by atoms with Crippen LogP contribution < -0.4 is 5.32 Å². The molecule has 3 heterocycles. The van der Waals surface area contributed by atoms with Crippen LogP contribution in [-0.2, 0) is 6.54 Å². The molecule has 3 atom stereocenters. The molecule has 6 rings (SSSR count). The Kier molecular flexibility index (Phi) is 3.42. The number of nitrogens with zero attached hydrogens (tertiary/aromatic N) is 3. The van der Waals surface area contributed by atoms with Gasteiger partial charge in [-0.3, -0.25) is 9.78 Å². The molecule has 1 N–H and O–H groups in total. The van der Waals surface area contributed by atoms with Crippen molar-refractivity contribution in [1.29, 1.82) is 0 Å². The number of imidazole rings is 1. The third kappa shape index (κ3) is 2.43. The maximum absolute atomic E-state index is 11.7. The predicted molar refractivity (Wildman–Crippen MR) is 112 cm³/mol. The fourth-order valence-corrected chi connectivity index (χ4v) is 4.89. The standard InChI is InChI=1S/C24H20N4O/c1-25-24(29)19-10-8-16(12-26-19)15-7-9-18-20(11-15)28-13-17-21(22(17)23(28)27-18)14-5-3-2-4-6-14/h2-12,17,21-22H,13H2,1H3,(H,25,29). The smallest absolute Gasteiger partial charge is 0.269 e. The molecule has 5 heteroatoms. The Balaban J connectivity index is 1.34. The van der Waals surface area contributed by atoms with Crippen LogP contribution in [0.2, 0.25) is 0 Å². The minimum absolute atomic E-state index is 0.173. The Morgan fingerprint density at radius 3 is 2.62 bits per heavy atom. The van der Waals surface area contributed by atoms with E-state index < -0.39 is 0 Å². The van der Waals surface area contributed by atoms with E-state index in [-0.39, 0.29) is 5.91 Å². The minimum atomic E-state index is -0.173. The highest BCUT2D eigenvalue weighted by molar-refractivity contribution is 5.92. The fourth-order valence-electron chi connectivity index (χ4n) is 4.89. The first kappa shape index (κ1) is 16.5. The van der Waals surface area contributed by atoms with Gasteiger partial charge in [0.05, 0.1) is 11.0 Å². The van der Waals surface area contributed by atoms with Crippen molar-refractivity contribution >= 4 is 16.9 Å². The molecular weight excluding hydrogens is 360 g/mol. The SMILES string of the molecule is CNC(=O)c1ccc(-c2ccc3nc4n(c3c2)CC2C(c3ccccc3)C42)cn1. The quantitative estimate of drug-likeness (QED) is 0.585. The molecule has 29 heavy (non-hydrogen) atoms. The van der Waals surface area contributed by atoms with Gasteiger partial charge in [0.2, 0.25) is 0 Å². The van der Waals surface area contributed by atoms with Crippen molar-refractivity contribution in [2.75, 3.05) is 7.05 Å². The number of benzene rings is 2. The first-order valence-electron chi connectivity index (χ1n) is 9.98. The Bertz CT molecular complexity index is 1240. The lowest BCUT2D eigenvalue weighted by Crippen LogP contribution is -2.18. The summed E-state index contributed by atoms with van der Waals surface area (Å²) in [6, 6.07) is 20.9. The van der Waals surface area contributed by atoms with Gasteiger partial charge in [-0.25, -0.2) is 4.98 Å². The van der Waals surface area contributed by atoms with Crippen LogP contribution in [0.15, 0.2) is 66.9 Å². The highest BCUT2D eigenvalue weighted by atomic mass is 16.1. The van der Waals surface area contributed by atoms with Crippen molar-refractivity contribution < 1.29 is 4.79 Å². The number of amides is 1. The van der Waals surface area contributed by atoms with Crippen molar-refractivity contribution in [3.8, 4) is 11.1 Å². The summed E-state index contributed by atoms with van der Waals surface area (Å²) in [5.41, 5.74) is 6.19. The summed E-state index contributed by atoms with van der Waals surface area (Å²) in [5, 5.41) is 2.60. The molecule has 3 unspecified atom stereocenters. The van der Waals surface area contributed by atoms with E-state index >= 15 is 0 Å². The van der Waals surface area contributed by atoms with Crippen LogP contribution in [0.5, 0.6) is 0 Å². The highest BCUT2D eigenvalue weighted by Crippen LogP contribution is 2.64. The van der Waals surface area contributed by atoms with E-state index in [1.54, 1.807) is 19.3 Å². The Morgan fingerprint density at radius 1 is 1.03 bits per heavy atom. The number of hydrogen-bond donors (Lipinski definition) is 1. The van der Waals surface area contributed by atoms with Crippen LogP contribution >= 0.6 is 0 Å². The lowest BCUT2D eigenvalue weighted by Gasteiger charge is -2.08. The van der Waals surface area contributed by atoms with Crippen molar-refractivity contribution in [2.45, 2.75) is 18.4 Å². The maximum atomic E-state index is 11.7. The van der Waals surface area contributed by atoms with Gasteiger partial charge in [0, 0.05) is 31.3 Å².